The topological polar surface area (TPSA) is 80.9 Å². The van der Waals surface area contributed by atoms with Gasteiger partial charge in [-0.15, -0.1) is 21.5 Å². The van der Waals surface area contributed by atoms with Crippen molar-refractivity contribution >= 4 is 23.1 Å². The first-order chi connectivity index (χ1) is 8.70. The van der Waals surface area contributed by atoms with Crippen molar-refractivity contribution in [2.75, 3.05) is 5.32 Å². The predicted molar refractivity (Wildman–Crippen MR) is 71.5 cm³/mol. The quantitative estimate of drug-likeness (QED) is 0.865. The number of carbonyl (C=O) groups is 1. The van der Waals surface area contributed by atoms with Gasteiger partial charge in [-0.3, -0.25) is 4.79 Å². The number of nitrogens with one attached hydrogen (secondary N) is 1. The number of nitrogens with two attached hydrogens (primary N) is 1. The number of thiophene rings is 1. The van der Waals surface area contributed by atoms with Gasteiger partial charge in [-0.2, -0.15) is 0 Å². The first kappa shape index (κ1) is 12.5. The lowest BCUT2D eigenvalue weighted by Crippen LogP contribution is -2.15. The lowest BCUT2D eigenvalue weighted by molar-refractivity contribution is 0.0994. The molecule has 0 spiro atoms. The van der Waals surface area contributed by atoms with Crippen LogP contribution in [-0.4, -0.2) is 16.1 Å². The summed E-state index contributed by atoms with van der Waals surface area (Å²) in [6.07, 6.45) is 0.944. The van der Waals surface area contributed by atoms with E-state index >= 15 is 0 Å². The zero-order chi connectivity index (χ0) is 13.0. The van der Waals surface area contributed by atoms with E-state index < -0.39 is 5.91 Å². The standard InChI is InChI=1S/C12H14N4OS/c1-2-8(10-4-3-7-18-10)14-11-6-5-9(12(13)17)15-16-11/h3-8H,2H2,1H3,(H2,13,17)(H,14,16). The lowest BCUT2D eigenvalue weighted by Gasteiger charge is -2.15. The Hall–Kier alpha value is -1.95. The Balaban J connectivity index is 2.10. The van der Waals surface area contributed by atoms with Crippen LogP contribution < -0.4 is 11.1 Å². The third-order valence-corrected chi connectivity index (χ3v) is 3.52. The van der Waals surface area contributed by atoms with E-state index in [4.69, 9.17) is 5.73 Å². The highest BCUT2D eigenvalue weighted by molar-refractivity contribution is 7.10. The summed E-state index contributed by atoms with van der Waals surface area (Å²) in [4.78, 5) is 12.1. The van der Waals surface area contributed by atoms with Gasteiger partial charge in [-0.1, -0.05) is 13.0 Å². The first-order valence-corrected chi connectivity index (χ1v) is 6.52. The molecule has 0 aliphatic heterocycles. The summed E-state index contributed by atoms with van der Waals surface area (Å²) in [7, 11) is 0. The molecule has 1 atom stereocenters. The Labute approximate surface area is 109 Å². The summed E-state index contributed by atoms with van der Waals surface area (Å²) in [5.41, 5.74) is 5.28. The molecule has 0 aliphatic rings. The zero-order valence-corrected chi connectivity index (χ0v) is 10.8. The third kappa shape index (κ3) is 2.84. The molecule has 0 bridgehead atoms. The Morgan fingerprint density at radius 2 is 2.28 bits per heavy atom. The summed E-state index contributed by atoms with van der Waals surface area (Å²) in [6, 6.07) is 7.59. The average molecular weight is 262 g/mol. The first-order valence-electron chi connectivity index (χ1n) is 5.64. The van der Waals surface area contributed by atoms with Crippen LogP contribution in [0.15, 0.2) is 29.6 Å². The third-order valence-electron chi connectivity index (χ3n) is 2.53. The van der Waals surface area contributed by atoms with Crippen molar-refractivity contribution in [2.45, 2.75) is 19.4 Å². The van der Waals surface area contributed by atoms with Gasteiger partial charge in [0.25, 0.3) is 5.91 Å². The van der Waals surface area contributed by atoms with Gasteiger partial charge in [0.15, 0.2) is 5.69 Å². The van der Waals surface area contributed by atoms with Crippen LogP contribution in [0.4, 0.5) is 5.82 Å². The van der Waals surface area contributed by atoms with Crippen molar-refractivity contribution in [3.05, 3.63) is 40.2 Å². The van der Waals surface area contributed by atoms with Gasteiger partial charge in [0.1, 0.15) is 5.82 Å². The molecule has 0 aromatic carbocycles. The molecule has 0 fully saturated rings. The van der Waals surface area contributed by atoms with Gasteiger partial charge in [0.05, 0.1) is 6.04 Å². The molecule has 5 nitrogen and oxygen atoms in total. The van der Waals surface area contributed by atoms with Crippen LogP contribution in [0, 0.1) is 0 Å². The molecular formula is C12H14N4OS. The van der Waals surface area contributed by atoms with Gasteiger partial charge in [-0.05, 0) is 30.0 Å². The molecule has 0 saturated heterocycles. The van der Waals surface area contributed by atoms with Crippen LogP contribution in [0.3, 0.4) is 0 Å². The van der Waals surface area contributed by atoms with Gasteiger partial charge in [0.2, 0.25) is 0 Å². The van der Waals surface area contributed by atoms with Gasteiger partial charge in [-0.25, -0.2) is 0 Å². The number of carbonyl (C=O) groups excluding carboxylic acids is 1. The number of hydrogen-bond donors (Lipinski definition) is 2. The Bertz CT molecular complexity index is 509. The fourth-order valence-electron chi connectivity index (χ4n) is 1.58. The lowest BCUT2D eigenvalue weighted by atomic mass is 10.2. The van der Waals surface area contributed by atoms with Crippen molar-refractivity contribution in [1.29, 1.82) is 0 Å². The van der Waals surface area contributed by atoms with Gasteiger partial charge in [0, 0.05) is 4.88 Å². The van der Waals surface area contributed by atoms with Crippen LogP contribution in [0.1, 0.15) is 34.8 Å². The fraction of sp³-hybridized carbons (Fsp3) is 0.250. The maximum Gasteiger partial charge on any atom is 0.269 e. The van der Waals surface area contributed by atoms with Crippen molar-refractivity contribution in [2.24, 2.45) is 5.73 Å². The minimum absolute atomic E-state index is 0.171. The molecule has 6 heteroatoms. The Morgan fingerprint density at radius 1 is 1.44 bits per heavy atom. The van der Waals surface area contributed by atoms with E-state index in [0.717, 1.165) is 6.42 Å². The molecule has 0 aliphatic carbocycles. The fourth-order valence-corrected chi connectivity index (χ4v) is 2.44. The van der Waals surface area contributed by atoms with Crippen molar-refractivity contribution in [3.8, 4) is 0 Å². The number of nitrogens with zero attached hydrogens (tertiary/aromatic N) is 2. The second-order valence-corrected chi connectivity index (χ2v) is 4.77. The van der Waals surface area contributed by atoms with Crippen molar-refractivity contribution in [1.82, 2.24) is 10.2 Å². The van der Waals surface area contributed by atoms with E-state index in [-0.39, 0.29) is 11.7 Å². The van der Waals surface area contributed by atoms with Crippen LogP contribution in [0.2, 0.25) is 0 Å². The largest absolute Gasteiger partial charge is 0.364 e. The molecule has 3 N–H and O–H groups in total. The summed E-state index contributed by atoms with van der Waals surface area (Å²) in [6.45, 7) is 2.10. The van der Waals surface area contributed by atoms with Crippen LogP contribution in [0.25, 0.3) is 0 Å². The number of amides is 1. The maximum atomic E-state index is 10.9. The van der Waals surface area contributed by atoms with Crippen LogP contribution >= 0.6 is 11.3 Å². The molecule has 2 rings (SSSR count). The molecule has 94 valence electrons. The van der Waals surface area contributed by atoms with E-state index in [1.54, 1.807) is 23.5 Å². The highest BCUT2D eigenvalue weighted by Gasteiger charge is 2.11. The second kappa shape index (κ2) is 5.59. The van der Waals surface area contributed by atoms with Gasteiger partial charge >= 0.3 is 0 Å². The van der Waals surface area contributed by atoms with E-state index in [9.17, 15) is 4.79 Å². The summed E-state index contributed by atoms with van der Waals surface area (Å²) >= 11 is 1.70. The number of aromatic nitrogens is 2. The molecule has 2 aromatic rings. The maximum absolute atomic E-state index is 10.9. The van der Waals surface area contributed by atoms with Crippen LogP contribution in [0.5, 0.6) is 0 Å². The summed E-state index contributed by atoms with van der Waals surface area (Å²) in [5.74, 6) is 0.0691. The Kier molecular flexibility index (Phi) is 3.88. The minimum atomic E-state index is -0.570. The van der Waals surface area contributed by atoms with E-state index in [2.05, 4.69) is 28.5 Å². The minimum Gasteiger partial charge on any atom is -0.364 e. The zero-order valence-electron chi connectivity index (χ0n) is 9.96. The highest BCUT2D eigenvalue weighted by Crippen LogP contribution is 2.25. The molecule has 0 saturated carbocycles. The monoisotopic (exact) mass is 262 g/mol. The number of anilines is 1. The highest BCUT2D eigenvalue weighted by atomic mass is 32.1. The van der Waals surface area contributed by atoms with E-state index in [1.165, 1.54) is 4.88 Å². The molecule has 2 heterocycles. The SMILES string of the molecule is CCC(Nc1ccc(C(N)=O)nn1)c1cccs1. The van der Waals surface area contributed by atoms with Crippen LogP contribution in [-0.2, 0) is 0 Å². The molecule has 2 aromatic heterocycles. The normalized spacial score (nSPS) is 12.1. The summed E-state index contributed by atoms with van der Waals surface area (Å²) in [5, 5.41) is 13.0. The van der Waals surface area contributed by atoms with E-state index in [0.29, 0.717) is 5.82 Å². The number of primary amides is 1. The second-order valence-electron chi connectivity index (χ2n) is 3.79. The smallest absolute Gasteiger partial charge is 0.269 e. The van der Waals surface area contributed by atoms with Crippen molar-refractivity contribution in [3.63, 3.8) is 0 Å². The number of rotatable bonds is 5. The average Bonchev–Trinajstić information content (AvgIpc) is 2.90. The summed E-state index contributed by atoms with van der Waals surface area (Å²) < 4.78 is 0. The number of hydrogen-bond acceptors (Lipinski definition) is 5. The van der Waals surface area contributed by atoms with Crippen molar-refractivity contribution < 1.29 is 4.79 Å². The molecular weight excluding hydrogens is 248 g/mol. The predicted octanol–water partition coefficient (Wildman–Crippen LogP) is 2.20. The molecule has 1 unspecified atom stereocenters. The molecule has 18 heavy (non-hydrogen) atoms. The molecule has 1 amide bonds. The molecule has 0 radical (unpaired) electrons. The Morgan fingerprint density at radius 3 is 2.78 bits per heavy atom. The van der Waals surface area contributed by atoms with E-state index in [1.807, 2.05) is 11.4 Å². The van der Waals surface area contributed by atoms with Gasteiger partial charge < -0.3 is 11.1 Å².